The number of carbonyl (C=O) groups is 3. The van der Waals surface area contributed by atoms with Crippen LogP contribution in [0.2, 0.25) is 0 Å². The highest BCUT2D eigenvalue weighted by Crippen LogP contribution is 2.33. The van der Waals surface area contributed by atoms with Crippen molar-refractivity contribution in [2.75, 3.05) is 0 Å². The van der Waals surface area contributed by atoms with E-state index in [0.717, 1.165) is 12.2 Å². The first-order valence-electron chi connectivity index (χ1n) is 11.1. The van der Waals surface area contributed by atoms with Crippen LogP contribution in [0.25, 0.3) is 12.2 Å². The molecule has 2 aromatic carbocycles. The Kier molecular flexibility index (Phi) is 8.21. The van der Waals surface area contributed by atoms with Gasteiger partial charge in [-0.2, -0.15) is 0 Å². The van der Waals surface area contributed by atoms with Crippen LogP contribution < -0.4 is 0 Å². The molecule has 4 atom stereocenters. The van der Waals surface area contributed by atoms with Crippen LogP contribution >= 0.6 is 0 Å². The van der Waals surface area contributed by atoms with E-state index in [1.54, 1.807) is 19.1 Å². The smallest absolute Gasteiger partial charge is 0.335 e. The summed E-state index contributed by atoms with van der Waals surface area (Å²) in [5.41, 5.74) is -0.951. The number of aliphatic hydroxyl groups is 2. The number of rotatable bonds is 7. The standard InChI is InChI=1S/C26H26O11/c1-14-10-15(2-6-17(14)27)4-9-23(32)37-24-20(30)12-26(35,25(33)34)13-21(24)36-22(31)8-5-16-3-7-18(28)19(29)11-16/h2-11,20-21,24,27-30,35H,12-13H2,1H3,(H,33,34)/b8-5+,9-4+. The van der Waals surface area contributed by atoms with E-state index < -0.39 is 60.4 Å². The van der Waals surface area contributed by atoms with Crippen LogP contribution in [0.1, 0.15) is 29.5 Å². The SMILES string of the molecule is Cc1cc(/C=C/C(=O)OC2C(O)CC(O)(C(=O)O)CC2OC(=O)/C=C/c2ccc(O)c(O)c2)ccc1O. The molecule has 1 aliphatic carbocycles. The molecule has 0 radical (unpaired) electrons. The summed E-state index contributed by atoms with van der Waals surface area (Å²) >= 11 is 0. The number of phenols is 3. The number of carboxylic acid groups (broad SMARTS) is 1. The minimum absolute atomic E-state index is 0.0805. The minimum Gasteiger partial charge on any atom is -0.508 e. The maximum Gasteiger partial charge on any atom is 0.335 e. The van der Waals surface area contributed by atoms with Crippen molar-refractivity contribution >= 4 is 30.1 Å². The molecule has 6 N–H and O–H groups in total. The molecule has 196 valence electrons. The minimum atomic E-state index is -2.43. The molecule has 2 aromatic rings. The topological polar surface area (TPSA) is 191 Å². The van der Waals surface area contributed by atoms with E-state index in [9.17, 15) is 45.0 Å². The van der Waals surface area contributed by atoms with Crippen LogP contribution in [0.3, 0.4) is 0 Å². The average Bonchev–Trinajstić information content (AvgIpc) is 2.82. The molecule has 1 saturated carbocycles. The molecule has 0 aromatic heterocycles. The molecule has 0 bridgehead atoms. The number of aryl methyl sites for hydroxylation is 1. The summed E-state index contributed by atoms with van der Waals surface area (Å²) in [7, 11) is 0. The van der Waals surface area contributed by atoms with Crippen molar-refractivity contribution in [3.63, 3.8) is 0 Å². The van der Waals surface area contributed by atoms with Gasteiger partial charge in [-0.1, -0.05) is 12.1 Å². The van der Waals surface area contributed by atoms with Gasteiger partial charge < -0.3 is 40.1 Å². The van der Waals surface area contributed by atoms with Gasteiger partial charge in [0.2, 0.25) is 0 Å². The highest BCUT2D eigenvalue weighted by molar-refractivity contribution is 5.88. The molecule has 0 heterocycles. The molecule has 1 fully saturated rings. The van der Waals surface area contributed by atoms with E-state index in [1.807, 2.05) is 0 Å². The van der Waals surface area contributed by atoms with Gasteiger partial charge in [-0.05, 0) is 60.0 Å². The molecule has 0 amide bonds. The molecule has 11 heteroatoms. The number of aliphatic carboxylic acids is 1. The number of benzene rings is 2. The van der Waals surface area contributed by atoms with Gasteiger partial charge in [0.25, 0.3) is 0 Å². The van der Waals surface area contributed by atoms with Crippen LogP contribution in [-0.4, -0.2) is 72.5 Å². The number of carbonyl (C=O) groups excluding carboxylic acids is 2. The second-order valence-corrected chi connectivity index (χ2v) is 8.65. The fourth-order valence-electron chi connectivity index (χ4n) is 3.80. The first kappa shape index (κ1) is 27.2. The summed E-state index contributed by atoms with van der Waals surface area (Å²) in [5.74, 6) is -4.27. The van der Waals surface area contributed by atoms with Crippen LogP contribution in [0.5, 0.6) is 17.2 Å². The summed E-state index contributed by atoms with van der Waals surface area (Å²) in [6.07, 6.45) is -1.35. The van der Waals surface area contributed by atoms with E-state index in [-0.39, 0.29) is 11.5 Å². The van der Waals surface area contributed by atoms with Gasteiger partial charge in [-0.3, -0.25) is 0 Å². The molecule has 0 spiro atoms. The molecule has 37 heavy (non-hydrogen) atoms. The van der Waals surface area contributed by atoms with Crippen molar-refractivity contribution in [3.05, 3.63) is 65.2 Å². The molecular weight excluding hydrogens is 488 g/mol. The maximum atomic E-state index is 12.4. The normalized spacial score (nSPS) is 23.7. The van der Waals surface area contributed by atoms with Gasteiger partial charge in [0, 0.05) is 25.0 Å². The van der Waals surface area contributed by atoms with Crippen LogP contribution in [0.15, 0.2) is 48.6 Å². The third-order valence-corrected chi connectivity index (χ3v) is 5.79. The number of hydrogen-bond acceptors (Lipinski definition) is 10. The number of ether oxygens (including phenoxy) is 2. The third kappa shape index (κ3) is 6.87. The van der Waals surface area contributed by atoms with Gasteiger partial charge in [-0.25, -0.2) is 14.4 Å². The van der Waals surface area contributed by atoms with Crippen molar-refractivity contribution in [3.8, 4) is 17.2 Å². The summed E-state index contributed by atoms with van der Waals surface area (Å²) in [6, 6.07) is 8.40. The highest BCUT2D eigenvalue weighted by Gasteiger charge is 2.52. The van der Waals surface area contributed by atoms with Crippen LogP contribution in [0, 0.1) is 6.92 Å². The number of carboxylic acids is 1. The lowest BCUT2D eigenvalue weighted by atomic mass is 9.79. The van der Waals surface area contributed by atoms with E-state index in [2.05, 4.69) is 0 Å². The fraction of sp³-hybridized carbons (Fsp3) is 0.269. The zero-order valence-corrected chi connectivity index (χ0v) is 19.6. The van der Waals surface area contributed by atoms with E-state index in [0.29, 0.717) is 16.7 Å². The number of hydrogen-bond donors (Lipinski definition) is 6. The predicted octanol–water partition coefficient (Wildman–Crippen LogP) is 1.63. The lowest BCUT2D eigenvalue weighted by Crippen LogP contribution is -2.58. The molecule has 11 nitrogen and oxygen atoms in total. The van der Waals surface area contributed by atoms with E-state index in [4.69, 9.17) is 9.47 Å². The number of aromatic hydroxyl groups is 3. The molecule has 0 aliphatic heterocycles. The van der Waals surface area contributed by atoms with Crippen LogP contribution in [-0.2, 0) is 23.9 Å². The third-order valence-electron chi connectivity index (χ3n) is 5.79. The first-order valence-corrected chi connectivity index (χ1v) is 11.1. The summed E-state index contributed by atoms with van der Waals surface area (Å²) in [5, 5.41) is 58.8. The Morgan fingerprint density at radius 3 is 2.00 bits per heavy atom. The summed E-state index contributed by atoms with van der Waals surface area (Å²) in [4.78, 5) is 36.4. The Balaban J connectivity index is 1.75. The lowest BCUT2D eigenvalue weighted by molar-refractivity contribution is -0.204. The second kappa shape index (κ2) is 11.1. The largest absolute Gasteiger partial charge is 0.508 e. The van der Waals surface area contributed by atoms with Gasteiger partial charge >= 0.3 is 17.9 Å². The molecule has 1 aliphatic rings. The Hall–Kier alpha value is -4.35. The predicted molar refractivity (Wildman–Crippen MR) is 128 cm³/mol. The van der Waals surface area contributed by atoms with Gasteiger partial charge in [-0.15, -0.1) is 0 Å². The second-order valence-electron chi connectivity index (χ2n) is 8.65. The number of phenolic OH excluding ortho intramolecular Hbond substituents is 3. The average molecular weight is 514 g/mol. The first-order chi connectivity index (χ1) is 17.4. The van der Waals surface area contributed by atoms with Gasteiger partial charge in [0.1, 0.15) is 11.9 Å². The van der Waals surface area contributed by atoms with Crippen LogP contribution in [0.4, 0.5) is 0 Å². The van der Waals surface area contributed by atoms with Crippen molar-refractivity contribution in [1.82, 2.24) is 0 Å². The van der Waals surface area contributed by atoms with E-state index in [1.165, 1.54) is 36.4 Å². The Morgan fingerprint density at radius 1 is 0.865 bits per heavy atom. The molecule has 3 rings (SSSR count). The lowest BCUT2D eigenvalue weighted by Gasteiger charge is -2.40. The van der Waals surface area contributed by atoms with Gasteiger partial charge in [0.15, 0.2) is 23.2 Å². The highest BCUT2D eigenvalue weighted by atomic mass is 16.6. The monoisotopic (exact) mass is 514 g/mol. The molecule has 0 saturated heterocycles. The van der Waals surface area contributed by atoms with Crippen molar-refractivity contribution in [1.29, 1.82) is 0 Å². The number of aliphatic hydroxyl groups excluding tert-OH is 1. The van der Waals surface area contributed by atoms with Crippen molar-refractivity contribution < 1.29 is 54.5 Å². The molecular formula is C26H26O11. The fourth-order valence-corrected chi connectivity index (χ4v) is 3.80. The Labute approximate surface area is 211 Å². The number of esters is 2. The zero-order valence-electron chi connectivity index (χ0n) is 19.6. The van der Waals surface area contributed by atoms with Gasteiger partial charge in [0.05, 0.1) is 6.10 Å². The van der Waals surface area contributed by atoms with Crippen molar-refractivity contribution in [2.45, 2.75) is 43.7 Å². The van der Waals surface area contributed by atoms with E-state index >= 15 is 0 Å². The quantitative estimate of drug-likeness (QED) is 0.179. The Bertz CT molecular complexity index is 1250. The van der Waals surface area contributed by atoms with Crippen molar-refractivity contribution in [2.24, 2.45) is 0 Å². The summed E-state index contributed by atoms with van der Waals surface area (Å²) < 4.78 is 10.5. The Morgan fingerprint density at radius 2 is 1.43 bits per heavy atom. The summed E-state index contributed by atoms with van der Waals surface area (Å²) in [6.45, 7) is 1.67. The zero-order chi connectivity index (χ0) is 27.3. The molecule has 4 unspecified atom stereocenters. The maximum absolute atomic E-state index is 12.4.